The van der Waals surface area contributed by atoms with E-state index in [1.165, 1.54) is 12.3 Å². The molecule has 0 bridgehead atoms. The van der Waals surface area contributed by atoms with E-state index < -0.39 is 0 Å². The Morgan fingerprint density at radius 3 is 2.44 bits per heavy atom. The number of hydrogen-bond donors (Lipinski definition) is 0. The standard InChI is InChI=1S/C9H15/c1-4-6-7-8-9(3)5-2/h4-6H2,1-3H3. The molecule has 1 radical (unpaired) electrons. The van der Waals surface area contributed by atoms with Gasteiger partial charge >= 0.3 is 0 Å². The smallest absolute Gasteiger partial charge is 0.0446 e. The van der Waals surface area contributed by atoms with Crippen LogP contribution in [0.1, 0.15) is 40.0 Å². The molecule has 0 unspecified atom stereocenters. The number of unbranched alkanes of at least 4 members (excludes halogenated alkanes) is 1. The van der Waals surface area contributed by atoms with Crippen molar-refractivity contribution in [2.45, 2.75) is 40.0 Å². The van der Waals surface area contributed by atoms with Crippen molar-refractivity contribution >= 4 is 0 Å². The highest BCUT2D eigenvalue weighted by Crippen LogP contribution is 1.99. The van der Waals surface area contributed by atoms with Crippen LogP contribution < -0.4 is 0 Å². The Balaban J connectivity index is 3.33. The van der Waals surface area contributed by atoms with Gasteiger partial charge in [-0.25, -0.2) is 0 Å². The first-order chi connectivity index (χ1) is 4.31. The molecule has 0 N–H and O–H groups in total. The van der Waals surface area contributed by atoms with Gasteiger partial charge in [-0.1, -0.05) is 19.8 Å². The summed E-state index contributed by atoms with van der Waals surface area (Å²) in [5, 5.41) is 0. The minimum absolute atomic E-state index is 1.04. The van der Waals surface area contributed by atoms with Crippen LogP contribution >= 0.6 is 0 Å². The maximum absolute atomic E-state index is 3.10. The second kappa shape index (κ2) is 5.69. The summed E-state index contributed by atoms with van der Waals surface area (Å²) in [6, 6.07) is 0. The summed E-state index contributed by atoms with van der Waals surface area (Å²) in [5.74, 6) is 7.49. The van der Waals surface area contributed by atoms with Gasteiger partial charge < -0.3 is 0 Å². The fourth-order valence-corrected chi connectivity index (χ4v) is 0.427. The van der Waals surface area contributed by atoms with Crippen molar-refractivity contribution in [2.75, 3.05) is 0 Å². The third-order valence-corrected chi connectivity index (χ3v) is 1.21. The third kappa shape index (κ3) is 5.43. The van der Waals surface area contributed by atoms with Crippen LogP contribution in [0.3, 0.4) is 0 Å². The molecule has 0 aliphatic heterocycles. The van der Waals surface area contributed by atoms with Crippen molar-refractivity contribution in [3.8, 4) is 11.8 Å². The van der Waals surface area contributed by atoms with E-state index in [9.17, 15) is 0 Å². The van der Waals surface area contributed by atoms with Crippen molar-refractivity contribution < 1.29 is 0 Å². The first-order valence-corrected chi connectivity index (χ1v) is 3.62. The highest BCUT2D eigenvalue weighted by Gasteiger charge is 1.88. The molecule has 0 spiro atoms. The van der Waals surface area contributed by atoms with Gasteiger partial charge in [-0.05, 0) is 19.8 Å². The van der Waals surface area contributed by atoms with Gasteiger partial charge in [0.05, 0.1) is 0 Å². The van der Waals surface area contributed by atoms with Crippen LogP contribution in [0, 0.1) is 17.8 Å². The average molecular weight is 123 g/mol. The van der Waals surface area contributed by atoms with Gasteiger partial charge in [-0.15, -0.1) is 5.92 Å². The molecule has 0 heteroatoms. The lowest BCUT2D eigenvalue weighted by Gasteiger charge is -1.92. The quantitative estimate of drug-likeness (QED) is 0.495. The minimum Gasteiger partial charge on any atom is -0.103 e. The lowest BCUT2D eigenvalue weighted by Crippen LogP contribution is -1.80. The Kier molecular flexibility index (Phi) is 5.41. The van der Waals surface area contributed by atoms with Gasteiger partial charge in [0.1, 0.15) is 0 Å². The van der Waals surface area contributed by atoms with Crippen LogP contribution in [0.4, 0.5) is 0 Å². The second-order valence-corrected chi connectivity index (χ2v) is 2.19. The van der Waals surface area contributed by atoms with Crippen molar-refractivity contribution in [1.29, 1.82) is 0 Å². The predicted octanol–water partition coefficient (Wildman–Crippen LogP) is 2.79. The summed E-state index contributed by atoms with van der Waals surface area (Å²) >= 11 is 0. The second-order valence-electron chi connectivity index (χ2n) is 2.19. The summed E-state index contributed by atoms with van der Waals surface area (Å²) in [7, 11) is 0. The zero-order valence-electron chi connectivity index (χ0n) is 6.62. The van der Waals surface area contributed by atoms with Gasteiger partial charge in [-0.3, -0.25) is 0 Å². The molecule has 0 amide bonds. The van der Waals surface area contributed by atoms with E-state index in [0.29, 0.717) is 0 Å². The molecule has 0 aromatic carbocycles. The van der Waals surface area contributed by atoms with E-state index in [4.69, 9.17) is 0 Å². The average Bonchev–Trinajstić information content (AvgIpc) is 1.89. The number of hydrogen-bond acceptors (Lipinski definition) is 0. The monoisotopic (exact) mass is 123 g/mol. The molecule has 0 aromatic heterocycles. The maximum Gasteiger partial charge on any atom is 0.0446 e. The lowest BCUT2D eigenvalue weighted by molar-refractivity contribution is 0.971. The topological polar surface area (TPSA) is 0 Å². The summed E-state index contributed by atoms with van der Waals surface area (Å²) in [6.45, 7) is 6.37. The third-order valence-electron chi connectivity index (χ3n) is 1.21. The summed E-state index contributed by atoms with van der Waals surface area (Å²) in [6.07, 6.45) is 3.30. The maximum atomic E-state index is 3.10. The van der Waals surface area contributed by atoms with E-state index in [2.05, 4.69) is 32.6 Å². The van der Waals surface area contributed by atoms with Gasteiger partial charge in [0.15, 0.2) is 0 Å². The van der Waals surface area contributed by atoms with Crippen LogP contribution in [0.5, 0.6) is 0 Å². The Morgan fingerprint density at radius 1 is 1.33 bits per heavy atom. The van der Waals surface area contributed by atoms with Crippen LogP contribution in [-0.2, 0) is 0 Å². The Morgan fingerprint density at radius 2 is 2.00 bits per heavy atom. The number of rotatable bonds is 2. The molecule has 0 aromatic rings. The van der Waals surface area contributed by atoms with Crippen LogP contribution in [-0.4, -0.2) is 0 Å². The molecule has 0 aliphatic carbocycles. The summed E-state index contributed by atoms with van der Waals surface area (Å²) in [4.78, 5) is 0. The summed E-state index contributed by atoms with van der Waals surface area (Å²) < 4.78 is 0. The fraction of sp³-hybridized carbons (Fsp3) is 0.667. The molecule has 0 aliphatic rings. The lowest BCUT2D eigenvalue weighted by atomic mass is 10.1. The van der Waals surface area contributed by atoms with Crippen molar-refractivity contribution in [3.63, 3.8) is 0 Å². The fourth-order valence-electron chi connectivity index (χ4n) is 0.427. The Bertz CT molecular complexity index is 103. The summed E-state index contributed by atoms with van der Waals surface area (Å²) in [5.41, 5.74) is 0. The molecule has 0 atom stereocenters. The molecular formula is C9H15. The highest BCUT2D eigenvalue weighted by atomic mass is 13.9. The molecule has 0 nitrogen and oxygen atoms in total. The van der Waals surface area contributed by atoms with E-state index in [1.807, 2.05) is 0 Å². The van der Waals surface area contributed by atoms with Crippen molar-refractivity contribution in [3.05, 3.63) is 5.92 Å². The van der Waals surface area contributed by atoms with Crippen LogP contribution in [0.15, 0.2) is 0 Å². The van der Waals surface area contributed by atoms with Gasteiger partial charge in [0.2, 0.25) is 0 Å². The zero-order valence-corrected chi connectivity index (χ0v) is 6.62. The van der Waals surface area contributed by atoms with Crippen LogP contribution in [0.25, 0.3) is 0 Å². The van der Waals surface area contributed by atoms with Gasteiger partial charge in [0.25, 0.3) is 0 Å². The SMILES string of the molecule is CCCC#C[C](C)CC. The van der Waals surface area contributed by atoms with Crippen molar-refractivity contribution in [2.24, 2.45) is 0 Å². The van der Waals surface area contributed by atoms with Crippen molar-refractivity contribution in [1.82, 2.24) is 0 Å². The van der Waals surface area contributed by atoms with Gasteiger partial charge in [0, 0.05) is 12.3 Å². The Hall–Kier alpha value is -0.440. The molecule has 0 saturated carbocycles. The largest absolute Gasteiger partial charge is 0.103 e. The van der Waals surface area contributed by atoms with E-state index in [-0.39, 0.29) is 0 Å². The van der Waals surface area contributed by atoms with E-state index in [1.54, 1.807) is 0 Å². The minimum atomic E-state index is 1.04. The highest BCUT2D eigenvalue weighted by molar-refractivity contribution is 5.18. The predicted molar refractivity (Wildman–Crippen MR) is 41.9 cm³/mol. The Labute approximate surface area is 58.7 Å². The molecule has 9 heavy (non-hydrogen) atoms. The molecule has 0 fully saturated rings. The molecule has 51 valence electrons. The van der Waals surface area contributed by atoms with Gasteiger partial charge in [-0.2, -0.15) is 0 Å². The van der Waals surface area contributed by atoms with E-state index in [0.717, 1.165) is 12.8 Å². The molecule has 0 saturated heterocycles. The molecule has 0 heterocycles. The molecule has 0 rings (SSSR count). The first kappa shape index (κ1) is 8.56. The zero-order chi connectivity index (χ0) is 7.11. The van der Waals surface area contributed by atoms with E-state index >= 15 is 0 Å². The first-order valence-electron chi connectivity index (χ1n) is 3.62. The normalized spacial score (nSPS) is 8.89. The molecular weight excluding hydrogens is 108 g/mol. The van der Waals surface area contributed by atoms with Crippen LogP contribution in [0.2, 0.25) is 0 Å².